The van der Waals surface area contributed by atoms with Gasteiger partial charge >= 0.3 is 0 Å². The standard InChI is InChI=1S/C13H20NO/c1-12-11-15-9-8-14(12,2)10-13-6-4-3-5-7-13/h3-7,12H,8-11H2,1-2H3/q+1. The molecular formula is C13H20NO+. The summed E-state index contributed by atoms with van der Waals surface area (Å²) in [7, 11) is 2.33. The highest BCUT2D eigenvalue weighted by atomic mass is 16.5. The lowest BCUT2D eigenvalue weighted by atomic mass is 10.1. The van der Waals surface area contributed by atoms with E-state index in [0.29, 0.717) is 6.04 Å². The van der Waals surface area contributed by atoms with Crippen LogP contribution in [0.15, 0.2) is 30.3 Å². The van der Waals surface area contributed by atoms with Crippen LogP contribution in [0.3, 0.4) is 0 Å². The van der Waals surface area contributed by atoms with Gasteiger partial charge in [0.2, 0.25) is 0 Å². The molecule has 1 heterocycles. The van der Waals surface area contributed by atoms with Crippen molar-refractivity contribution in [3.05, 3.63) is 35.9 Å². The van der Waals surface area contributed by atoms with E-state index >= 15 is 0 Å². The molecular weight excluding hydrogens is 186 g/mol. The van der Waals surface area contributed by atoms with Crippen molar-refractivity contribution in [3.63, 3.8) is 0 Å². The largest absolute Gasteiger partial charge is 0.369 e. The van der Waals surface area contributed by atoms with E-state index in [1.165, 1.54) is 5.56 Å². The van der Waals surface area contributed by atoms with Crippen LogP contribution in [0.2, 0.25) is 0 Å². The first-order chi connectivity index (χ1) is 7.21. The molecule has 1 saturated heterocycles. The molecule has 0 radical (unpaired) electrons. The van der Waals surface area contributed by atoms with Crippen LogP contribution in [0.25, 0.3) is 0 Å². The molecule has 0 saturated carbocycles. The Kier molecular flexibility index (Phi) is 3.08. The lowest BCUT2D eigenvalue weighted by Gasteiger charge is -2.43. The molecule has 1 aromatic carbocycles. The van der Waals surface area contributed by atoms with Gasteiger partial charge in [-0.2, -0.15) is 0 Å². The van der Waals surface area contributed by atoms with Gasteiger partial charge in [-0.05, 0) is 6.92 Å². The van der Waals surface area contributed by atoms with E-state index in [1.54, 1.807) is 0 Å². The number of hydrogen-bond donors (Lipinski definition) is 0. The summed E-state index contributed by atoms with van der Waals surface area (Å²) in [6.45, 7) is 6.31. The quantitative estimate of drug-likeness (QED) is 0.673. The smallest absolute Gasteiger partial charge is 0.110 e. The van der Waals surface area contributed by atoms with Crippen LogP contribution < -0.4 is 0 Å². The number of morpholine rings is 1. The maximum absolute atomic E-state index is 5.50. The van der Waals surface area contributed by atoms with Crippen LogP contribution in [-0.4, -0.2) is 37.3 Å². The van der Waals surface area contributed by atoms with Gasteiger partial charge < -0.3 is 9.22 Å². The average molecular weight is 206 g/mol. The topological polar surface area (TPSA) is 9.23 Å². The molecule has 2 nitrogen and oxygen atoms in total. The SMILES string of the molecule is CC1COCC[N+]1(C)Cc1ccccc1. The van der Waals surface area contributed by atoms with Crippen LogP contribution in [0.5, 0.6) is 0 Å². The number of rotatable bonds is 2. The first-order valence-electron chi connectivity index (χ1n) is 5.67. The molecule has 1 fully saturated rings. The van der Waals surface area contributed by atoms with Gasteiger partial charge in [0.15, 0.2) is 0 Å². The molecule has 0 aromatic heterocycles. The van der Waals surface area contributed by atoms with Gasteiger partial charge in [-0.25, -0.2) is 0 Å². The maximum atomic E-state index is 5.50. The van der Waals surface area contributed by atoms with Gasteiger partial charge in [0.05, 0.1) is 20.3 Å². The van der Waals surface area contributed by atoms with Crippen LogP contribution in [0.1, 0.15) is 12.5 Å². The third kappa shape index (κ3) is 2.39. The molecule has 1 aromatic rings. The Bertz CT molecular complexity index is 312. The maximum Gasteiger partial charge on any atom is 0.110 e. The molecule has 2 heteroatoms. The van der Waals surface area contributed by atoms with Crippen LogP contribution in [0, 0.1) is 0 Å². The van der Waals surface area contributed by atoms with Crippen molar-refractivity contribution >= 4 is 0 Å². The van der Waals surface area contributed by atoms with E-state index in [4.69, 9.17) is 4.74 Å². The zero-order valence-corrected chi connectivity index (χ0v) is 9.65. The Morgan fingerprint density at radius 1 is 1.33 bits per heavy atom. The minimum Gasteiger partial charge on any atom is -0.369 e. The van der Waals surface area contributed by atoms with Crippen molar-refractivity contribution in [1.82, 2.24) is 0 Å². The van der Waals surface area contributed by atoms with Crippen molar-refractivity contribution in [2.24, 2.45) is 0 Å². The minimum atomic E-state index is 0.596. The van der Waals surface area contributed by atoms with Gasteiger partial charge in [0, 0.05) is 5.56 Å². The van der Waals surface area contributed by atoms with E-state index in [1.807, 2.05) is 0 Å². The number of likely N-dealkylation sites (N-methyl/N-ethyl adjacent to an activating group) is 1. The molecule has 2 unspecified atom stereocenters. The van der Waals surface area contributed by atoms with E-state index < -0.39 is 0 Å². The van der Waals surface area contributed by atoms with Gasteiger partial charge in [-0.1, -0.05) is 30.3 Å². The van der Waals surface area contributed by atoms with Crippen molar-refractivity contribution < 1.29 is 9.22 Å². The number of hydrogen-bond acceptors (Lipinski definition) is 1. The second-order valence-corrected chi connectivity index (χ2v) is 4.77. The van der Waals surface area contributed by atoms with Gasteiger partial charge in [0.25, 0.3) is 0 Å². The summed E-state index contributed by atoms with van der Waals surface area (Å²) in [5.41, 5.74) is 1.42. The van der Waals surface area contributed by atoms with Crippen molar-refractivity contribution in [3.8, 4) is 0 Å². The zero-order chi connectivity index (χ0) is 10.7. The average Bonchev–Trinajstić information content (AvgIpc) is 2.24. The lowest BCUT2D eigenvalue weighted by molar-refractivity contribution is -0.951. The summed E-state index contributed by atoms with van der Waals surface area (Å²) >= 11 is 0. The van der Waals surface area contributed by atoms with Gasteiger partial charge in [0.1, 0.15) is 19.1 Å². The van der Waals surface area contributed by atoms with Crippen LogP contribution in [0.4, 0.5) is 0 Å². The van der Waals surface area contributed by atoms with Crippen molar-refractivity contribution in [2.75, 3.05) is 26.8 Å². The van der Waals surface area contributed by atoms with E-state index in [9.17, 15) is 0 Å². The highest BCUT2D eigenvalue weighted by Crippen LogP contribution is 2.19. The van der Waals surface area contributed by atoms with Crippen LogP contribution >= 0.6 is 0 Å². The predicted octanol–water partition coefficient (Wildman–Crippen LogP) is 2.05. The molecule has 0 amide bonds. The van der Waals surface area contributed by atoms with Crippen LogP contribution in [-0.2, 0) is 11.3 Å². The van der Waals surface area contributed by atoms with E-state index in [0.717, 1.165) is 30.8 Å². The fourth-order valence-corrected chi connectivity index (χ4v) is 2.16. The van der Waals surface area contributed by atoms with E-state index in [2.05, 4.69) is 44.3 Å². The van der Waals surface area contributed by atoms with Crippen molar-refractivity contribution in [2.45, 2.75) is 19.5 Å². The fourth-order valence-electron chi connectivity index (χ4n) is 2.16. The lowest BCUT2D eigenvalue weighted by Crippen LogP contribution is -2.57. The Labute approximate surface area is 92.1 Å². The molecule has 0 N–H and O–H groups in total. The Morgan fingerprint density at radius 2 is 2.07 bits per heavy atom. The Hall–Kier alpha value is -0.860. The normalized spacial score (nSPS) is 31.5. The highest BCUT2D eigenvalue weighted by Gasteiger charge is 2.32. The number of benzene rings is 1. The molecule has 0 spiro atoms. The van der Waals surface area contributed by atoms with Gasteiger partial charge in [-0.15, -0.1) is 0 Å². The number of ether oxygens (including phenoxy) is 1. The predicted molar refractivity (Wildman–Crippen MR) is 61.5 cm³/mol. The molecule has 0 bridgehead atoms. The fraction of sp³-hybridized carbons (Fsp3) is 0.538. The Morgan fingerprint density at radius 3 is 2.73 bits per heavy atom. The third-order valence-electron chi connectivity index (χ3n) is 3.56. The summed E-state index contributed by atoms with van der Waals surface area (Å²) in [5.74, 6) is 0. The number of nitrogens with zero attached hydrogens (tertiary/aromatic N) is 1. The third-order valence-corrected chi connectivity index (χ3v) is 3.56. The first-order valence-corrected chi connectivity index (χ1v) is 5.67. The first kappa shape index (κ1) is 10.7. The second-order valence-electron chi connectivity index (χ2n) is 4.77. The number of quaternary nitrogens is 1. The molecule has 0 aliphatic carbocycles. The second kappa shape index (κ2) is 4.33. The molecule has 82 valence electrons. The molecule has 1 aliphatic heterocycles. The van der Waals surface area contributed by atoms with Gasteiger partial charge in [-0.3, -0.25) is 0 Å². The zero-order valence-electron chi connectivity index (χ0n) is 9.65. The summed E-state index contributed by atoms with van der Waals surface area (Å²) in [6.07, 6.45) is 0. The Balaban J connectivity index is 2.09. The minimum absolute atomic E-state index is 0.596. The summed E-state index contributed by atoms with van der Waals surface area (Å²) in [6, 6.07) is 11.3. The van der Waals surface area contributed by atoms with Crippen molar-refractivity contribution in [1.29, 1.82) is 0 Å². The van der Waals surface area contributed by atoms with E-state index in [-0.39, 0.29) is 0 Å². The molecule has 2 atom stereocenters. The summed E-state index contributed by atoms with van der Waals surface area (Å²) in [5, 5.41) is 0. The molecule has 2 rings (SSSR count). The highest BCUT2D eigenvalue weighted by molar-refractivity contribution is 5.13. The molecule has 15 heavy (non-hydrogen) atoms. The molecule has 1 aliphatic rings. The summed E-state index contributed by atoms with van der Waals surface area (Å²) < 4.78 is 6.60. The summed E-state index contributed by atoms with van der Waals surface area (Å²) in [4.78, 5) is 0. The monoisotopic (exact) mass is 206 g/mol.